The first kappa shape index (κ1) is 13.8. The number of benzene rings is 1. The summed E-state index contributed by atoms with van der Waals surface area (Å²) in [5.74, 6) is 0.104. The van der Waals surface area contributed by atoms with Crippen molar-refractivity contribution in [1.29, 1.82) is 0 Å². The average Bonchev–Trinajstić information content (AvgIpc) is 2.81. The van der Waals surface area contributed by atoms with E-state index in [9.17, 15) is 8.42 Å². The van der Waals surface area contributed by atoms with E-state index in [1.165, 1.54) is 0 Å². The number of rotatable bonds is 4. The molecule has 1 aromatic rings. The largest absolute Gasteiger partial charge is 0.316 e. The number of halogens is 1. The van der Waals surface area contributed by atoms with Crippen molar-refractivity contribution < 1.29 is 8.42 Å². The van der Waals surface area contributed by atoms with Gasteiger partial charge in [0.1, 0.15) is 0 Å². The first-order valence-corrected chi connectivity index (χ1v) is 8.25. The van der Waals surface area contributed by atoms with E-state index in [1.54, 1.807) is 24.3 Å². The minimum atomic E-state index is -3.09. The Kier molecular flexibility index (Phi) is 4.30. The molecule has 1 aliphatic carbocycles. The molecule has 1 aliphatic rings. The summed E-state index contributed by atoms with van der Waals surface area (Å²) in [6.07, 6.45) is 2.69. The number of hydrogen-bond donors (Lipinski definition) is 1. The van der Waals surface area contributed by atoms with Crippen LogP contribution in [0.25, 0.3) is 0 Å². The molecule has 0 radical (unpaired) electrons. The summed E-state index contributed by atoms with van der Waals surface area (Å²) >= 11 is 5.80. The molecule has 0 amide bonds. The Hall–Kier alpha value is -0.580. The SMILES string of the molecule is CNC1CCCC1S(=O)(=O)Cc1ccc(Cl)cc1. The second-order valence-electron chi connectivity index (χ2n) is 4.80. The van der Waals surface area contributed by atoms with E-state index in [4.69, 9.17) is 11.6 Å². The molecule has 18 heavy (non-hydrogen) atoms. The quantitative estimate of drug-likeness (QED) is 0.925. The molecule has 0 heterocycles. The third-order valence-corrected chi connectivity index (χ3v) is 6.04. The standard InChI is InChI=1S/C13H18ClNO2S/c1-15-12-3-2-4-13(12)18(16,17)9-10-5-7-11(14)8-6-10/h5-8,12-13,15H,2-4,9H2,1H3. The lowest BCUT2D eigenvalue weighted by Gasteiger charge is -2.19. The minimum absolute atomic E-state index is 0.0994. The van der Waals surface area contributed by atoms with Crippen LogP contribution in [-0.2, 0) is 15.6 Å². The van der Waals surface area contributed by atoms with Gasteiger partial charge >= 0.3 is 0 Å². The smallest absolute Gasteiger partial charge is 0.158 e. The molecule has 0 aliphatic heterocycles. The zero-order valence-electron chi connectivity index (χ0n) is 10.4. The van der Waals surface area contributed by atoms with E-state index < -0.39 is 9.84 Å². The highest BCUT2D eigenvalue weighted by atomic mass is 35.5. The van der Waals surface area contributed by atoms with Crippen LogP contribution < -0.4 is 5.32 Å². The summed E-state index contributed by atoms with van der Waals surface area (Å²) in [5.41, 5.74) is 0.807. The van der Waals surface area contributed by atoms with Crippen LogP contribution in [0, 0.1) is 0 Å². The summed E-state index contributed by atoms with van der Waals surface area (Å²) < 4.78 is 24.8. The van der Waals surface area contributed by atoms with Crippen molar-refractivity contribution in [1.82, 2.24) is 5.32 Å². The maximum absolute atomic E-state index is 12.4. The van der Waals surface area contributed by atoms with Gasteiger partial charge in [0, 0.05) is 11.1 Å². The third-order valence-electron chi connectivity index (χ3n) is 3.57. The molecule has 1 N–H and O–H groups in total. The molecule has 0 aromatic heterocycles. The van der Waals surface area contributed by atoms with E-state index in [2.05, 4.69) is 5.32 Å². The van der Waals surface area contributed by atoms with Crippen molar-refractivity contribution in [3.05, 3.63) is 34.9 Å². The molecular formula is C13H18ClNO2S. The van der Waals surface area contributed by atoms with Gasteiger partial charge in [0.05, 0.1) is 11.0 Å². The van der Waals surface area contributed by atoms with Gasteiger partial charge in [-0.05, 0) is 37.6 Å². The zero-order valence-corrected chi connectivity index (χ0v) is 12.0. The molecule has 100 valence electrons. The van der Waals surface area contributed by atoms with Crippen molar-refractivity contribution in [2.24, 2.45) is 0 Å². The molecule has 2 unspecified atom stereocenters. The summed E-state index contributed by atoms with van der Waals surface area (Å²) in [4.78, 5) is 0. The van der Waals surface area contributed by atoms with E-state index in [1.807, 2.05) is 7.05 Å². The van der Waals surface area contributed by atoms with Crippen LogP contribution >= 0.6 is 11.6 Å². The van der Waals surface area contributed by atoms with Gasteiger partial charge in [-0.1, -0.05) is 30.2 Å². The number of sulfone groups is 1. The molecule has 3 nitrogen and oxygen atoms in total. The Balaban J connectivity index is 2.14. The van der Waals surface area contributed by atoms with E-state index in [0.717, 1.165) is 24.8 Å². The lowest BCUT2D eigenvalue weighted by Crippen LogP contribution is -2.38. The second kappa shape index (κ2) is 5.59. The Bertz CT molecular complexity index is 498. The third kappa shape index (κ3) is 3.05. The normalized spacial score (nSPS) is 24.3. The summed E-state index contributed by atoms with van der Waals surface area (Å²) in [6.45, 7) is 0. The van der Waals surface area contributed by atoms with Gasteiger partial charge in [0.15, 0.2) is 9.84 Å². The van der Waals surface area contributed by atoms with Crippen LogP contribution in [0.4, 0.5) is 0 Å². The topological polar surface area (TPSA) is 46.2 Å². The van der Waals surface area contributed by atoms with Gasteiger partial charge in [0.25, 0.3) is 0 Å². The molecule has 0 spiro atoms. The van der Waals surface area contributed by atoms with Gasteiger partial charge in [-0.15, -0.1) is 0 Å². The highest BCUT2D eigenvalue weighted by Gasteiger charge is 2.36. The Labute approximate surface area is 113 Å². The zero-order chi connectivity index (χ0) is 13.2. The predicted molar refractivity (Wildman–Crippen MR) is 74.6 cm³/mol. The van der Waals surface area contributed by atoms with Gasteiger partial charge in [-0.25, -0.2) is 8.42 Å². The maximum atomic E-state index is 12.4. The number of nitrogens with one attached hydrogen (secondary N) is 1. The van der Waals surface area contributed by atoms with Crippen molar-refractivity contribution in [3.63, 3.8) is 0 Å². The van der Waals surface area contributed by atoms with Gasteiger partial charge in [-0.2, -0.15) is 0 Å². The molecule has 1 fully saturated rings. The van der Waals surface area contributed by atoms with Crippen LogP contribution in [-0.4, -0.2) is 26.8 Å². The molecule has 2 atom stereocenters. The van der Waals surface area contributed by atoms with Gasteiger partial charge in [0.2, 0.25) is 0 Å². The molecule has 0 bridgehead atoms. The minimum Gasteiger partial charge on any atom is -0.316 e. The fraction of sp³-hybridized carbons (Fsp3) is 0.538. The fourth-order valence-corrected chi connectivity index (χ4v) is 4.90. The summed E-state index contributed by atoms with van der Waals surface area (Å²) in [5, 5.41) is 3.49. The fourth-order valence-electron chi connectivity index (χ4n) is 2.61. The lowest BCUT2D eigenvalue weighted by molar-refractivity contribution is 0.537. The van der Waals surface area contributed by atoms with Crippen molar-refractivity contribution in [2.45, 2.75) is 36.3 Å². The molecule has 5 heteroatoms. The molecular weight excluding hydrogens is 270 g/mol. The maximum Gasteiger partial charge on any atom is 0.158 e. The average molecular weight is 288 g/mol. The van der Waals surface area contributed by atoms with Crippen LogP contribution in [0.5, 0.6) is 0 Å². The molecule has 1 saturated carbocycles. The van der Waals surface area contributed by atoms with Crippen LogP contribution in [0.2, 0.25) is 5.02 Å². The Morgan fingerprint density at radius 2 is 1.94 bits per heavy atom. The highest BCUT2D eigenvalue weighted by molar-refractivity contribution is 7.91. The van der Waals surface area contributed by atoms with Crippen molar-refractivity contribution in [2.75, 3.05) is 7.05 Å². The van der Waals surface area contributed by atoms with Crippen LogP contribution in [0.3, 0.4) is 0 Å². The molecule has 2 rings (SSSR count). The lowest BCUT2D eigenvalue weighted by atomic mass is 10.2. The van der Waals surface area contributed by atoms with E-state index in [0.29, 0.717) is 5.02 Å². The van der Waals surface area contributed by atoms with Crippen molar-refractivity contribution in [3.8, 4) is 0 Å². The molecule has 0 saturated heterocycles. The van der Waals surface area contributed by atoms with Gasteiger partial charge < -0.3 is 5.32 Å². The van der Waals surface area contributed by atoms with Crippen LogP contribution in [0.1, 0.15) is 24.8 Å². The second-order valence-corrected chi connectivity index (χ2v) is 7.45. The molecule has 1 aromatic carbocycles. The highest BCUT2D eigenvalue weighted by Crippen LogP contribution is 2.27. The monoisotopic (exact) mass is 287 g/mol. The van der Waals surface area contributed by atoms with E-state index in [-0.39, 0.29) is 17.0 Å². The summed E-state index contributed by atoms with van der Waals surface area (Å²) in [6, 6.07) is 7.13. The first-order chi connectivity index (χ1) is 8.53. The predicted octanol–water partition coefficient (Wildman–Crippen LogP) is 2.40. The summed E-state index contributed by atoms with van der Waals surface area (Å²) in [7, 11) is -1.26. The Morgan fingerprint density at radius 3 is 2.56 bits per heavy atom. The first-order valence-electron chi connectivity index (χ1n) is 6.16. The van der Waals surface area contributed by atoms with E-state index >= 15 is 0 Å². The number of hydrogen-bond acceptors (Lipinski definition) is 3. The van der Waals surface area contributed by atoms with Crippen LogP contribution in [0.15, 0.2) is 24.3 Å². The van der Waals surface area contributed by atoms with Crippen molar-refractivity contribution >= 4 is 21.4 Å². The van der Waals surface area contributed by atoms with Gasteiger partial charge in [-0.3, -0.25) is 0 Å². The Morgan fingerprint density at radius 1 is 1.28 bits per heavy atom.